The van der Waals surface area contributed by atoms with E-state index in [1.807, 2.05) is 4.72 Å². The number of hydrogen-bond donors (Lipinski definition) is 3. The monoisotopic (exact) mass is 358 g/mol. The van der Waals surface area contributed by atoms with Gasteiger partial charge in [0, 0.05) is 12.1 Å². The molecule has 1 unspecified atom stereocenters. The fraction of sp³-hybridized carbons (Fsp3) is 0.467. The molecule has 1 aromatic carbocycles. The number of amides is 1. The second kappa shape index (κ2) is 6.86. The number of benzene rings is 1. The van der Waals surface area contributed by atoms with Crippen LogP contribution in [0.3, 0.4) is 0 Å². The van der Waals surface area contributed by atoms with Crippen LogP contribution >= 0.6 is 0 Å². The first kappa shape index (κ1) is 18.3. The molecule has 1 aliphatic rings. The summed E-state index contributed by atoms with van der Waals surface area (Å²) in [6.07, 6.45) is 0.548. The normalized spacial score (nSPS) is 15.8. The number of aryl methyl sites for hydroxylation is 1. The van der Waals surface area contributed by atoms with Crippen LogP contribution in [0.15, 0.2) is 17.0 Å². The number of carbonyl (C=O) groups is 2. The maximum absolute atomic E-state index is 14.2. The molecule has 24 heavy (non-hydrogen) atoms. The average molecular weight is 358 g/mol. The van der Waals surface area contributed by atoms with E-state index in [0.717, 1.165) is 12.1 Å². The van der Waals surface area contributed by atoms with Gasteiger partial charge in [-0.15, -0.1) is 0 Å². The first-order valence-electron chi connectivity index (χ1n) is 7.47. The topological polar surface area (TPSA) is 113 Å². The standard InChI is InChI=1S/C15H19FN2O5S/c1-8(2)5-12(15(20)21)18-24(22,23)13-6-9-3-4-14(19)17-11(9)7-10(13)16/h6-8,12,18H,3-5H2,1-2H3,(H,17,19)(H,20,21). The van der Waals surface area contributed by atoms with Crippen LogP contribution in [0.4, 0.5) is 10.1 Å². The molecular formula is C15H19FN2O5S. The summed E-state index contributed by atoms with van der Waals surface area (Å²) in [5.41, 5.74) is 0.728. The Morgan fingerprint density at radius 2 is 2.04 bits per heavy atom. The Hall–Kier alpha value is -2.00. The predicted molar refractivity (Wildman–Crippen MR) is 84.6 cm³/mol. The molecule has 0 radical (unpaired) electrons. The van der Waals surface area contributed by atoms with Crippen molar-refractivity contribution < 1.29 is 27.5 Å². The van der Waals surface area contributed by atoms with Crippen molar-refractivity contribution in [2.45, 2.75) is 44.0 Å². The summed E-state index contributed by atoms with van der Waals surface area (Å²) in [4.78, 5) is 21.9. The van der Waals surface area contributed by atoms with Gasteiger partial charge >= 0.3 is 5.97 Å². The molecule has 3 N–H and O–H groups in total. The Labute approximate surface area is 139 Å². The average Bonchev–Trinajstić information content (AvgIpc) is 2.44. The lowest BCUT2D eigenvalue weighted by molar-refractivity contribution is -0.139. The lowest BCUT2D eigenvalue weighted by atomic mass is 10.0. The van der Waals surface area contributed by atoms with Crippen LogP contribution in [0.5, 0.6) is 0 Å². The quantitative estimate of drug-likeness (QED) is 0.713. The maximum Gasteiger partial charge on any atom is 0.321 e. The number of nitrogens with one attached hydrogen (secondary N) is 2. The van der Waals surface area contributed by atoms with Gasteiger partial charge < -0.3 is 10.4 Å². The van der Waals surface area contributed by atoms with Crippen molar-refractivity contribution in [2.75, 3.05) is 5.32 Å². The third-order valence-electron chi connectivity index (χ3n) is 3.65. The number of halogens is 1. The van der Waals surface area contributed by atoms with E-state index in [0.29, 0.717) is 5.56 Å². The first-order chi connectivity index (χ1) is 11.1. The second-order valence-electron chi connectivity index (χ2n) is 6.13. The highest BCUT2D eigenvalue weighted by atomic mass is 32.2. The van der Waals surface area contributed by atoms with E-state index in [9.17, 15) is 22.4 Å². The summed E-state index contributed by atoms with van der Waals surface area (Å²) in [6, 6.07) is 0.741. The Kier molecular flexibility index (Phi) is 5.24. The SMILES string of the molecule is CC(C)CC(NS(=O)(=O)c1cc2c(cc1F)NC(=O)CC2)C(=O)O. The summed E-state index contributed by atoms with van der Waals surface area (Å²) in [7, 11) is -4.35. The van der Waals surface area contributed by atoms with E-state index in [4.69, 9.17) is 5.11 Å². The minimum Gasteiger partial charge on any atom is -0.480 e. The Morgan fingerprint density at radius 3 is 2.62 bits per heavy atom. The fourth-order valence-corrected chi connectivity index (χ4v) is 3.82. The first-order valence-corrected chi connectivity index (χ1v) is 8.96. The molecule has 0 aromatic heterocycles. The molecule has 7 nitrogen and oxygen atoms in total. The molecule has 0 spiro atoms. The molecular weight excluding hydrogens is 339 g/mol. The molecule has 1 heterocycles. The molecule has 1 aliphatic heterocycles. The van der Waals surface area contributed by atoms with Crippen molar-refractivity contribution in [1.82, 2.24) is 4.72 Å². The third-order valence-corrected chi connectivity index (χ3v) is 5.13. The van der Waals surface area contributed by atoms with E-state index >= 15 is 0 Å². The Morgan fingerprint density at radius 1 is 1.38 bits per heavy atom. The van der Waals surface area contributed by atoms with Gasteiger partial charge in [-0.3, -0.25) is 9.59 Å². The summed E-state index contributed by atoms with van der Waals surface area (Å²) >= 11 is 0. The minimum atomic E-state index is -4.35. The fourth-order valence-electron chi connectivity index (χ4n) is 2.51. The highest BCUT2D eigenvalue weighted by molar-refractivity contribution is 7.89. The number of hydrogen-bond acceptors (Lipinski definition) is 4. The Balaban J connectivity index is 2.35. The van der Waals surface area contributed by atoms with Gasteiger partial charge in [-0.1, -0.05) is 13.8 Å². The van der Waals surface area contributed by atoms with Gasteiger partial charge in [0.2, 0.25) is 15.9 Å². The summed E-state index contributed by atoms with van der Waals surface area (Å²) < 4.78 is 41.0. The molecule has 2 rings (SSSR count). The van der Waals surface area contributed by atoms with Crippen LogP contribution in [0.1, 0.15) is 32.3 Å². The summed E-state index contributed by atoms with van der Waals surface area (Å²) in [6.45, 7) is 3.51. The number of fused-ring (bicyclic) bond motifs is 1. The highest BCUT2D eigenvalue weighted by Crippen LogP contribution is 2.28. The molecule has 1 atom stereocenters. The van der Waals surface area contributed by atoms with Crippen molar-refractivity contribution in [3.05, 3.63) is 23.5 Å². The molecule has 132 valence electrons. The third kappa shape index (κ3) is 4.09. The van der Waals surface area contributed by atoms with Gasteiger partial charge in [-0.2, -0.15) is 4.72 Å². The van der Waals surface area contributed by atoms with Crippen molar-refractivity contribution in [2.24, 2.45) is 5.92 Å². The van der Waals surface area contributed by atoms with E-state index in [2.05, 4.69) is 5.32 Å². The zero-order chi connectivity index (χ0) is 18.1. The zero-order valence-electron chi connectivity index (χ0n) is 13.3. The number of carbonyl (C=O) groups excluding carboxylic acids is 1. The molecule has 0 saturated heterocycles. The van der Waals surface area contributed by atoms with E-state index in [1.165, 1.54) is 0 Å². The number of aliphatic carboxylic acids is 1. The van der Waals surface area contributed by atoms with Crippen LogP contribution in [-0.2, 0) is 26.0 Å². The molecule has 9 heteroatoms. The molecule has 1 amide bonds. The number of anilines is 1. The lowest BCUT2D eigenvalue weighted by Gasteiger charge is -2.20. The van der Waals surface area contributed by atoms with Crippen LogP contribution in [0.2, 0.25) is 0 Å². The Bertz CT molecular complexity index is 776. The van der Waals surface area contributed by atoms with Gasteiger partial charge in [-0.05, 0) is 36.5 Å². The number of sulfonamides is 1. The van der Waals surface area contributed by atoms with Gasteiger partial charge in [-0.25, -0.2) is 12.8 Å². The van der Waals surface area contributed by atoms with Gasteiger partial charge in [0.15, 0.2) is 0 Å². The smallest absolute Gasteiger partial charge is 0.321 e. The molecule has 0 bridgehead atoms. The van der Waals surface area contributed by atoms with Crippen molar-refractivity contribution >= 4 is 27.6 Å². The number of carboxylic acids is 1. The predicted octanol–water partition coefficient (Wildman–Crippen LogP) is 1.49. The maximum atomic E-state index is 14.2. The van der Waals surface area contributed by atoms with Crippen LogP contribution in [0, 0.1) is 11.7 Å². The van der Waals surface area contributed by atoms with Gasteiger partial charge in [0.25, 0.3) is 0 Å². The minimum absolute atomic E-state index is 0.0580. The van der Waals surface area contributed by atoms with Crippen molar-refractivity contribution in [3.8, 4) is 0 Å². The molecule has 1 aromatic rings. The van der Waals surface area contributed by atoms with E-state index in [-0.39, 0.29) is 36.8 Å². The molecule has 0 aliphatic carbocycles. The zero-order valence-corrected chi connectivity index (χ0v) is 14.1. The van der Waals surface area contributed by atoms with Crippen LogP contribution in [0.25, 0.3) is 0 Å². The van der Waals surface area contributed by atoms with Crippen molar-refractivity contribution in [3.63, 3.8) is 0 Å². The van der Waals surface area contributed by atoms with E-state index < -0.39 is 32.7 Å². The second-order valence-corrected chi connectivity index (χ2v) is 7.81. The summed E-state index contributed by atoms with van der Waals surface area (Å²) in [5, 5.41) is 11.6. The lowest BCUT2D eigenvalue weighted by Crippen LogP contribution is -2.41. The number of carboxylic acid groups (broad SMARTS) is 1. The van der Waals surface area contributed by atoms with Crippen molar-refractivity contribution in [1.29, 1.82) is 0 Å². The van der Waals surface area contributed by atoms with Crippen LogP contribution in [-0.4, -0.2) is 31.4 Å². The number of rotatable bonds is 6. The highest BCUT2D eigenvalue weighted by Gasteiger charge is 2.29. The molecule has 0 saturated carbocycles. The van der Waals surface area contributed by atoms with E-state index in [1.54, 1.807) is 13.8 Å². The van der Waals surface area contributed by atoms with Gasteiger partial charge in [0.1, 0.15) is 16.8 Å². The largest absolute Gasteiger partial charge is 0.480 e. The molecule has 0 fully saturated rings. The van der Waals surface area contributed by atoms with Gasteiger partial charge in [0.05, 0.1) is 0 Å². The summed E-state index contributed by atoms with van der Waals surface area (Å²) in [5.74, 6) is -2.69. The van der Waals surface area contributed by atoms with Crippen LogP contribution < -0.4 is 10.0 Å².